The zero-order valence-corrected chi connectivity index (χ0v) is 8.26. The summed E-state index contributed by atoms with van der Waals surface area (Å²) in [5.41, 5.74) is 0. The summed E-state index contributed by atoms with van der Waals surface area (Å²) in [4.78, 5) is 10.9. The van der Waals surface area contributed by atoms with E-state index < -0.39 is 0 Å². The van der Waals surface area contributed by atoms with E-state index in [0.29, 0.717) is 11.7 Å². The Bertz CT molecular complexity index is 134. The molecular formula is C7H13NOS2. The van der Waals surface area contributed by atoms with Crippen molar-refractivity contribution in [3.8, 4) is 0 Å². The third-order valence-corrected chi connectivity index (χ3v) is 4.42. The van der Waals surface area contributed by atoms with Crippen LogP contribution in [0.4, 0.5) is 0 Å². The first-order valence-electron chi connectivity index (χ1n) is 3.73. The molecule has 1 heterocycles. The fourth-order valence-electron chi connectivity index (χ4n) is 0.963. The molecule has 0 aromatic heterocycles. The van der Waals surface area contributed by atoms with E-state index in [9.17, 15) is 4.79 Å². The van der Waals surface area contributed by atoms with Gasteiger partial charge in [0.25, 0.3) is 0 Å². The molecule has 1 rings (SSSR count). The van der Waals surface area contributed by atoms with Crippen LogP contribution in [0.15, 0.2) is 0 Å². The maximum atomic E-state index is 10.9. The third kappa shape index (κ3) is 3.38. The number of carbonyl (C=O) groups excluding carboxylic acids is 1. The molecule has 1 amide bonds. The van der Waals surface area contributed by atoms with Crippen molar-refractivity contribution in [2.24, 2.45) is 0 Å². The topological polar surface area (TPSA) is 29.1 Å². The average molecular weight is 191 g/mol. The van der Waals surface area contributed by atoms with Gasteiger partial charge in [0.05, 0.1) is 0 Å². The smallest absolute Gasteiger partial charge is 0.220 e. The molecule has 0 aliphatic carbocycles. The molecule has 1 unspecified atom stereocenters. The van der Waals surface area contributed by atoms with Gasteiger partial charge >= 0.3 is 0 Å². The Morgan fingerprint density at radius 2 is 2.45 bits per heavy atom. The van der Waals surface area contributed by atoms with Gasteiger partial charge in [0.1, 0.15) is 0 Å². The summed E-state index contributed by atoms with van der Waals surface area (Å²) >= 11 is 3.88. The summed E-state index contributed by atoms with van der Waals surface area (Å²) in [7, 11) is 1.70. The maximum absolute atomic E-state index is 10.9. The van der Waals surface area contributed by atoms with Crippen LogP contribution in [0.3, 0.4) is 0 Å². The summed E-state index contributed by atoms with van der Waals surface area (Å²) in [6, 6.07) is 0. The standard InChI is InChI=1S/C7H13NOS2/c1-8-7(9)4-6-5-10-2-3-11-6/h6H,2-5H2,1H3,(H,8,9). The van der Waals surface area contributed by atoms with Gasteiger partial charge in [-0.3, -0.25) is 4.79 Å². The number of hydrogen-bond donors (Lipinski definition) is 1. The highest BCUT2D eigenvalue weighted by atomic mass is 32.2. The van der Waals surface area contributed by atoms with E-state index in [-0.39, 0.29) is 5.91 Å². The second-order valence-corrected chi connectivity index (χ2v) is 5.00. The first-order valence-corrected chi connectivity index (χ1v) is 5.93. The van der Waals surface area contributed by atoms with Gasteiger partial charge in [0.15, 0.2) is 0 Å². The van der Waals surface area contributed by atoms with Crippen LogP contribution in [0.5, 0.6) is 0 Å². The summed E-state index contributed by atoms with van der Waals surface area (Å²) in [5, 5.41) is 3.20. The van der Waals surface area contributed by atoms with Crippen LogP contribution < -0.4 is 5.32 Å². The van der Waals surface area contributed by atoms with Gasteiger partial charge in [-0.05, 0) is 0 Å². The molecule has 0 saturated carbocycles. The quantitative estimate of drug-likeness (QED) is 0.705. The zero-order valence-electron chi connectivity index (χ0n) is 6.63. The lowest BCUT2D eigenvalue weighted by atomic mass is 10.3. The van der Waals surface area contributed by atoms with Crippen molar-refractivity contribution in [2.75, 3.05) is 24.3 Å². The van der Waals surface area contributed by atoms with Crippen molar-refractivity contribution in [1.29, 1.82) is 0 Å². The molecule has 0 aromatic rings. The third-order valence-electron chi connectivity index (χ3n) is 1.58. The number of thioether (sulfide) groups is 2. The Balaban J connectivity index is 2.19. The van der Waals surface area contributed by atoms with E-state index in [4.69, 9.17) is 0 Å². The van der Waals surface area contributed by atoms with Gasteiger partial charge in [0.2, 0.25) is 5.91 Å². The van der Waals surface area contributed by atoms with Crippen molar-refractivity contribution in [1.82, 2.24) is 5.32 Å². The molecule has 4 heteroatoms. The Hall–Kier alpha value is 0.170. The summed E-state index contributed by atoms with van der Waals surface area (Å²) in [6.07, 6.45) is 0.689. The minimum absolute atomic E-state index is 0.171. The lowest BCUT2D eigenvalue weighted by molar-refractivity contribution is -0.120. The predicted molar refractivity (Wildman–Crippen MR) is 52.3 cm³/mol. The second-order valence-electron chi connectivity index (χ2n) is 2.45. The summed E-state index contributed by atoms with van der Waals surface area (Å²) in [5.74, 6) is 3.75. The van der Waals surface area contributed by atoms with Crippen molar-refractivity contribution < 1.29 is 4.79 Å². The average Bonchev–Trinajstić information content (AvgIpc) is 2.06. The SMILES string of the molecule is CNC(=O)CC1CSCCS1. The van der Waals surface area contributed by atoms with E-state index in [1.807, 2.05) is 23.5 Å². The van der Waals surface area contributed by atoms with Gasteiger partial charge in [-0.15, -0.1) is 0 Å². The lowest BCUT2D eigenvalue weighted by Crippen LogP contribution is -2.25. The van der Waals surface area contributed by atoms with Crippen LogP contribution in [0.2, 0.25) is 0 Å². The van der Waals surface area contributed by atoms with Crippen LogP contribution in [0.25, 0.3) is 0 Å². The number of rotatable bonds is 2. The number of hydrogen-bond acceptors (Lipinski definition) is 3. The maximum Gasteiger partial charge on any atom is 0.220 e. The van der Waals surface area contributed by atoms with Crippen molar-refractivity contribution >= 4 is 29.4 Å². The van der Waals surface area contributed by atoms with Crippen molar-refractivity contribution in [3.63, 3.8) is 0 Å². The van der Waals surface area contributed by atoms with E-state index >= 15 is 0 Å². The van der Waals surface area contributed by atoms with E-state index in [1.165, 1.54) is 11.5 Å². The van der Waals surface area contributed by atoms with Gasteiger partial charge in [-0.2, -0.15) is 23.5 Å². The Kier molecular flexibility index (Phi) is 4.15. The van der Waals surface area contributed by atoms with Crippen LogP contribution in [-0.4, -0.2) is 35.5 Å². The molecule has 0 spiro atoms. The Morgan fingerprint density at radius 3 is 3.00 bits per heavy atom. The zero-order chi connectivity index (χ0) is 8.10. The normalized spacial score (nSPS) is 24.6. The minimum Gasteiger partial charge on any atom is -0.359 e. The van der Waals surface area contributed by atoms with Crippen LogP contribution in [-0.2, 0) is 4.79 Å². The Morgan fingerprint density at radius 1 is 1.64 bits per heavy atom. The molecule has 0 radical (unpaired) electrons. The van der Waals surface area contributed by atoms with Gasteiger partial charge < -0.3 is 5.32 Å². The molecule has 0 bridgehead atoms. The number of amides is 1. The first kappa shape index (κ1) is 9.26. The van der Waals surface area contributed by atoms with Crippen LogP contribution >= 0.6 is 23.5 Å². The van der Waals surface area contributed by atoms with Crippen molar-refractivity contribution in [2.45, 2.75) is 11.7 Å². The lowest BCUT2D eigenvalue weighted by Gasteiger charge is -2.19. The monoisotopic (exact) mass is 191 g/mol. The molecular weight excluding hydrogens is 178 g/mol. The molecule has 1 aliphatic rings. The minimum atomic E-state index is 0.171. The number of nitrogens with one attached hydrogen (secondary N) is 1. The molecule has 0 aromatic carbocycles. The van der Waals surface area contributed by atoms with E-state index in [0.717, 1.165) is 5.75 Å². The molecule has 11 heavy (non-hydrogen) atoms. The summed E-state index contributed by atoms with van der Waals surface area (Å²) in [6.45, 7) is 0. The van der Waals surface area contributed by atoms with Crippen LogP contribution in [0.1, 0.15) is 6.42 Å². The van der Waals surface area contributed by atoms with Gasteiger partial charge in [-0.1, -0.05) is 0 Å². The van der Waals surface area contributed by atoms with Crippen LogP contribution in [0, 0.1) is 0 Å². The largest absolute Gasteiger partial charge is 0.359 e. The Labute approximate surface area is 75.9 Å². The fraction of sp³-hybridized carbons (Fsp3) is 0.857. The molecule has 64 valence electrons. The molecule has 2 nitrogen and oxygen atoms in total. The highest BCUT2D eigenvalue weighted by Gasteiger charge is 2.16. The van der Waals surface area contributed by atoms with Gasteiger partial charge in [-0.25, -0.2) is 0 Å². The molecule has 1 atom stereocenters. The molecule has 1 saturated heterocycles. The van der Waals surface area contributed by atoms with E-state index in [1.54, 1.807) is 7.05 Å². The highest BCUT2D eigenvalue weighted by molar-refractivity contribution is 8.06. The number of carbonyl (C=O) groups is 1. The molecule has 1 fully saturated rings. The highest BCUT2D eigenvalue weighted by Crippen LogP contribution is 2.25. The van der Waals surface area contributed by atoms with Gasteiger partial charge in [0, 0.05) is 36.0 Å². The molecule has 1 N–H and O–H groups in total. The van der Waals surface area contributed by atoms with E-state index in [2.05, 4.69) is 5.32 Å². The predicted octanol–water partition coefficient (Wildman–Crippen LogP) is 0.971. The first-order chi connectivity index (χ1) is 5.33. The van der Waals surface area contributed by atoms with Crippen molar-refractivity contribution in [3.05, 3.63) is 0 Å². The second kappa shape index (κ2) is 4.93. The summed E-state index contributed by atoms with van der Waals surface area (Å²) < 4.78 is 0. The molecule has 1 aliphatic heterocycles. The fourth-order valence-corrected chi connectivity index (χ4v) is 3.64.